The van der Waals surface area contributed by atoms with Gasteiger partial charge in [0, 0.05) is 20.1 Å². The van der Waals surface area contributed by atoms with Crippen molar-refractivity contribution in [2.75, 3.05) is 50.3 Å². The lowest BCUT2D eigenvalue weighted by molar-refractivity contribution is -0.169. The van der Waals surface area contributed by atoms with E-state index in [2.05, 4.69) is 4.98 Å². The molecule has 0 unspecified atom stereocenters. The van der Waals surface area contributed by atoms with Crippen LogP contribution in [-0.2, 0) is 20.9 Å². The molecule has 0 radical (unpaired) electrons. The number of morpholine rings is 1. The van der Waals surface area contributed by atoms with Crippen molar-refractivity contribution >= 4 is 17.7 Å². The van der Waals surface area contributed by atoms with Crippen molar-refractivity contribution in [1.29, 1.82) is 0 Å². The summed E-state index contributed by atoms with van der Waals surface area (Å²) < 4.78 is 62.1. The molecule has 13 heteroatoms. The summed E-state index contributed by atoms with van der Waals surface area (Å²) in [5.74, 6) is -2.66. The van der Waals surface area contributed by atoms with Crippen LogP contribution in [0.5, 0.6) is 0 Å². The van der Waals surface area contributed by atoms with Crippen LogP contribution in [0.1, 0.15) is 13.3 Å². The molecule has 2 aliphatic rings. The third-order valence-electron chi connectivity index (χ3n) is 5.28. The van der Waals surface area contributed by atoms with E-state index in [4.69, 9.17) is 9.57 Å². The number of amides is 1. The maximum atomic E-state index is 14.8. The molecular formula is C17H23F4N5O4. The lowest BCUT2D eigenvalue weighted by atomic mass is 10.1. The van der Waals surface area contributed by atoms with Gasteiger partial charge in [0.1, 0.15) is 12.6 Å². The second-order valence-corrected chi connectivity index (χ2v) is 7.17. The molecule has 0 aromatic carbocycles. The first-order valence-electron chi connectivity index (χ1n) is 9.35. The van der Waals surface area contributed by atoms with Crippen molar-refractivity contribution in [2.45, 2.75) is 38.1 Å². The van der Waals surface area contributed by atoms with Gasteiger partial charge in [0.2, 0.25) is 11.8 Å². The van der Waals surface area contributed by atoms with Crippen LogP contribution in [0.2, 0.25) is 0 Å². The average molecular weight is 437 g/mol. The number of aromatic nitrogens is 2. The topological polar surface area (TPSA) is 80.1 Å². The number of halogens is 4. The number of nitrogens with zero attached hydrogens (tertiary/aromatic N) is 5. The third kappa shape index (κ3) is 4.08. The standard InChI is InChI=1S/C17H23F4N5O4/c1-10-9-30-7-6-24(10)14-13(18)15(28)25-5-4-11(17(19,20)21)26(16(25)22-14)8-12(27)23(2)29-3/h10-11H,4-9H2,1-3H3/t10-,11+/m1/s1. The number of alkyl halides is 3. The number of carbonyl (C=O) groups is 1. The molecule has 0 bridgehead atoms. The Bertz CT molecular complexity index is 862. The average Bonchev–Trinajstić information content (AvgIpc) is 2.69. The van der Waals surface area contributed by atoms with E-state index in [9.17, 15) is 27.2 Å². The predicted octanol–water partition coefficient (Wildman–Crippen LogP) is 0.768. The summed E-state index contributed by atoms with van der Waals surface area (Å²) in [6.07, 6.45) is -5.20. The van der Waals surface area contributed by atoms with Crippen LogP contribution in [0, 0.1) is 5.82 Å². The third-order valence-corrected chi connectivity index (χ3v) is 5.28. The highest BCUT2D eigenvalue weighted by Crippen LogP contribution is 2.35. The normalized spacial score (nSPS) is 22.1. The number of hydroxylamine groups is 2. The first kappa shape index (κ1) is 22.3. The lowest BCUT2D eigenvalue weighted by Gasteiger charge is -2.40. The number of carbonyl (C=O) groups excluding carboxylic acids is 1. The summed E-state index contributed by atoms with van der Waals surface area (Å²) in [4.78, 5) is 35.9. The molecule has 3 rings (SSSR count). The molecule has 1 fully saturated rings. The van der Waals surface area contributed by atoms with Gasteiger partial charge in [0.25, 0.3) is 11.5 Å². The second kappa shape index (κ2) is 8.38. The first-order chi connectivity index (χ1) is 14.1. The summed E-state index contributed by atoms with van der Waals surface area (Å²) in [7, 11) is 2.44. The Balaban J connectivity index is 2.11. The molecule has 3 heterocycles. The molecule has 1 amide bonds. The lowest BCUT2D eigenvalue weighted by Crippen LogP contribution is -2.56. The van der Waals surface area contributed by atoms with E-state index in [0.717, 1.165) is 9.63 Å². The molecule has 0 spiro atoms. The molecule has 1 aromatic rings. The molecule has 0 aliphatic carbocycles. The van der Waals surface area contributed by atoms with Crippen LogP contribution in [0.3, 0.4) is 0 Å². The molecule has 30 heavy (non-hydrogen) atoms. The summed E-state index contributed by atoms with van der Waals surface area (Å²) in [5, 5.41) is 0.777. The van der Waals surface area contributed by atoms with Crippen molar-refractivity contribution in [3.63, 3.8) is 0 Å². The molecule has 1 aromatic heterocycles. The maximum absolute atomic E-state index is 14.8. The molecule has 9 nitrogen and oxygen atoms in total. The second-order valence-electron chi connectivity index (χ2n) is 7.17. The zero-order valence-electron chi connectivity index (χ0n) is 16.8. The van der Waals surface area contributed by atoms with E-state index in [1.807, 2.05) is 0 Å². The highest BCUT2D eigenvalue weighted by atomic mass is 19.4. The number of ether oxygens (including phenoxy) is 1. The Morgan fingerprint density at radius 3 is 2.67 bits per heavy atom. The molecule has 2 atom stereocenters. The van der Waals surface area contributed by atoms with Gasteiger partial charge in [-0.05, 0) is 13.3 Å². The SMILES string of the molecule is CON(C)C(=O)CN1c2nc(N3CCOC[C@H]3C)c(F)c(=O)n2CC[C@H]1C(F)(F)F. The van der Waals surface area contributed by atoms with Gasteiger partial charge in [-0.3, -0.25) is 19.0 Å². The van der Waals surface area contributed by atoms with Crippen molar-refractivity contribution in [3.05, 3.63) is 16.2 Å². The number of fused-ring (bicyclic) bond motifs is 1. The van der Waals surface area contributed by atoms with Crippen molar-refractivity contribution in [2.24, 2.45) is 0 Å². The van der Waals surface area contributed by atoms with E-state index in [-0.39, 0.29) is 38.2 Å². The number of hydrogen-bond acceptors (Lipinski definition) is 7. The Labute approximate surface area is 169 Å². The highest BCUT2D eigenvalue weighted by Gasteiger charge is 2.48. The minimum atomic E-state index is -4.68. The Kier molecular flexibility index (Phi) is 6.22. The number of hydrogen-bond donors (Lipinski definition) is 0. The van der Waals surface area contributed by atoms with E-state index >= 15 is 0 Å². The summed E-state index contributed by atoms with van der Waals surface area (Å²) in [6.45, 7) is 1.35. The van der Waals surface area contributed by atoms with Gasteiger partial charge in [-0.1, -0.05) is 0 Å². The van der Waals surface area contributed by atoms with Crippen molar-refractivity contribution < 1.29 is 31.9 Å². The van der Waals surface area contributed by atoms with Gasteiger partial charge >= 0.3 is 6.18 Å². The molecule has 1 saturated heterocycles. The van der Waals surface area contributed by atoms with Crippen LogP contribution in [0.25, 0.3) is 0 Å². The van der Waals surface area contributed by atoms with E-state index < -0.39 is 48.4 Å². The van der Waals surface area contributed by atoms with Crippen LogP contribution >= 0.6 is 0 Å². The summed E-state index contributed by atoms with van der Waals surface area (Å²) in [6, 6.07) is -2.39. The van der Waals surface area contributed by atoms with Crippen LogP contribution < -0.4 is 15.4 Å². The summed E-state index contributed by atoms with van der Waals surface area (Å²) >= 11 is 0. The first-order valence-corrected chi connectivity index (χ1v) is 9.35. The molecule has 0 saturated carbocycles. The van der Waals surface area contributed by atoms with E-state index in [1.54, 1.807) is 6.92 Å². The summed E-state index contributed by atoms with van der Waals surface area (Å²) in [5.41, 5.74) is -1.08. The maximum Gasteiger partial charge on any atom is 0.408 e. The van der Waals surface area contributed by atoms with Crippen molar-refractivity contribution in [1.82, 2.24) is 14.6 Å². The number of anilines is 2. The minimum Gasteiger partial charge on any atom is -0.377 e. The Morgan fingerprint density at radius 1 is 1.37 bits per heavy atom. The zero-order chi connectivity index (χ0) is 22.2. The minimum absolute atomic E-state index is 0.224. The fourth-order valence-electron chi connectivity index (χ4n) is 3.58. The monoisotopic (exact) mass is 437 g/mol. The number of rotatable bonds is 4. The van der Waals surface area contributed by atoms with Crippen LogP contribution in [0.4, 0.5) is 29.3 Å². The molecule has 168 valence electrons. The molecule has 2 aliphatic heterocycles. The highest BCUT2D eigenvalue weighted by molar-refractivity contribution is 5.80. The van der Waals surface area contributed by atoms with Gasteiger partial charge in [0.15, 0.2) is 5.82 Å². The van der Waals surface area contributed by atoms with Gasteiger partial charge in [-0.15, -0.1) is 0 Å². The largest absolute Gasteiger partial charge is 0.408 e. The zero-order valence-corrected chi connectivity index (χ0v) is 16.8. The van der Waals surface area contributed by atoms with Crippen LogP contribution in [0.15, 0.2) is 4.79 Å². The van der Waals surface area contributed by atoms with E-state index in [0.29, 0.717) is 4.90 Å². The smallest absolute Gasteiger partial charge is 0.377 e. The van der Waals surface area contributed by atoms with Crippen LogP contribution in [-0.4, -0.2) is 79.2 Å². The molecular weight excluding hydrogens is 414 g/mol. The molecule has 0 N–H and O–H groups in total. The van der Waals surface area contributed by atoms with Gasteiger partial charge < -0.3 is 14.5 Å². The van der Waals surface area contributed by atoms with Gasteiger partial charge in [-0.25, -0.2) is 5.06 Å². The van der Waals surface area contributed by atoms with Gasteiger partial charge in [0.05, 0.1) is 26.4 Å². The Morgan fingerprint density at radius 2 is 2.07 bits per heavy atom. The fraction of sp³-hybridized carbons (Fsp3) is 0.706. The number of likely N-dealkylation sites (N-methyl/N-ethyl adjacent to an activating group) is 1. The Hall–Kier alpha value is -2.41. The fourth-order valence-corrected chi connectivity index (χ4v) is 3.58. The van der Waals surface area contributed by atoms with Crippen molar-refractivity contribution in [3.8, 4) is 0 Å². The quantitative estimate of drug-likeness (QED) is 0.509. The van der Waals surface area contributed by atoms with Gasteiger partial charge in [-0.2, -0.15) is 22.5 Å². The predicted molar refractivity (Wildman–Crippen MR) is 97.7 cm³/mol. The van der Waals surface area contributed by atoms with E-state index in [1.165, 1.54) is 19.1 Å².